The Balaban J connectivity index is 1.45. The number of hydrogen-bond acceptors (Lipinski definition) is 8. The molecule has 1 saturated carbocycles. The number of aromatic nitrogens is 4. The number of sulfonamides is 1. The Bertz CT molecular complexity index is 932. The van der Waals surface area contributed by atoms with Crippen LogP contribution in [-0.2, 0) is 17.1 Å². The van der Waals surface area contributed by atoms with E-state index in [0.717, 1.165) is 49.8 Å². The number of fused-ring (bicyclic) bond motifs is 1. The maximum absolute atomic E-state index is 12.3. The van der Waals surface area contributed by atoms with E-state index in [-0.39, 0.29) is 18.3 Å². The number of likely N-dealkylation sites (N-methyl/N-ethyl adjacent to an activating group) is 1. The SMILES string of the molecule is CNC1CN(c2nc(NCCS(=O)(=O)NC3CCCC3)c3c(cnn3C)n2)C1. The molecule has 154 valence electrons. The van der Waals surface area contributed by atoms with Crippen molar-refractivity contribution < 1.29 is 8.42 Å². The minimum Gasteiger partial charge on any atom is -0.367 e. The van der Waals surface area contributed by atoms with Crippen LogP contribution >= 0.6 is 0 Å². The van der Waals surface area contributed by atoms with Crippen LogP contribution in [-0.4, -0.2) is 72.7 Å². The highest BCUT2D eigenvalue weighted by Crippen LogP contribution is 2.25. The Labute approximate surface area is 165 Å². The molecule has 0 unspecified atom stereocenters. The summed E-state index contributed by atoms with van der Waals surface area (Å²) in [7, 11) is 0.461. The second-order valence-corrected chi connectivity index (χ2v) is 9.48. The lowest BCUT2D eigenvalue weighted by Crippen LogP contribution is -2.57. The molecule has 0 aromatic carbocycles. The van der Waals surface area contributed by atoms with Gasteiger partial charge < -0.3 is 15.5 Å². The molecule has 2 aromatic heterocycles. The maximum Gasteiger partial charge on any atom is 0.228 e. The molecule has 0 atom stereocenters. The highest BCUT2D eigenvalue weighted by Gasteiger charge is 2.28. The van der Waals surface area contributed by atoms with Crippen LogP contribution in [0.3, 0.4) is 0 Å². The first-order valence-electron chi connectivity index (χ1n) is 9.81. The second-order valence-electron chi connectivity index (χ2n) is 7.61. The summed E-state index contributed by atoms with van der Waals surface area (Å²) < 4.78 is 29.2. The molecule has 0 bridgehead atoms. The van der Waals surface area contributed by atoms with Gasteiger partial charge in [0.2, 0.25) is 16.0 Å². The molecule has 10 nitrogen and oxygen atoms in total. The van der Waals surface area contributed by atoms with Gasteiger partial charge in [-0.15, -0.1) is 0 Å². The van der Waals surface area contributed by atoms with Gasteiger partial charge in [-0.3, -0.25) is 4.68 Å². The minimum absolute atomic E-state index is 0.00766. The summed E-state index contributed by atoms with van der Waals surface area (Å²) in [6.07, 6.45) is 5.76. The number of nitrogens with one attached hydrogen (secondary N) is 3. The van der Waals surface area contributed by atoms with Gasteiger partial charge in [0, 0.05) is 38.8 Å². The highest BCUT2D eigenvalue weighted by atomic mass is 32.2. The van der Waals surface area contributed by atoms with Gasteiger partial charge >= 0.3 is 0 Å². The molecule has 4 rings (SSSR count). The van der Waals surface area contributed by atoms with Crippen LogP contribution < -0.4 is 20.3 Å². The lowest BCUT2D eigenvalue weighted by atomic mass is 10.1. The second kappa shape index (κ2) is 7.80. The first-order valence-corrected chi connectivity index (χ1v) is 11.5. The van der Waals surface area contributed by atoms with Gasteiger partial charge in [-0.25, -0.2) is 18.1 Å². The van der Waals surface area contributed by atoms with Crippen molar-refractivity contribution in [2.24, 2.45) is 7.05 Å². The van der Waals surface area contributed by atoms with Crippen LogP contribution in [0.1, 0.15) is 25.7 Å². The van der Waals surface area contributed by atoms with Crippen molar-refractivity contribution in [3.8, 4) is 0 Å². The molecule has 2 fully saturated rings. The zero-order chi connectivity index (χ0) is 19.7. The van der Waals surface area contributed by atoms with Gasteiger partial charge in [0.25, 0.3) is 0 Å². The van der Waals surface area contributed by atoms with Gasteiger partial charge in [0.15, 0.2) is 5.82 Å². The minimum atomic E-state index is -3.31. The van der Waals surface area contributed by atoms with Crippen molar-refractivity contribution in [3.63, 3.8) is 0 Å². The van der Waals surface area contributed by atoms with Crippen LogP contribution in [0.25, 0.3) is 11.0 Å². The number of hydrogen-bond donors (Lipinski definition) is 3. The van der Waals surface area contributed by atoms with Crippen LogP contribution in [0, 0.1) is 0 Å². The predicted octanol–water partition coefficient (Wildman–Crippen LogP) is 0.0452. The molecule has 1 aliphatic carbocycles. The number of nitrogens with zero attached hydrogens (tertiary/aromatic N) is 5. The molecule has 28 heavy (non-hydrogen) atoms. The summed E-state index contributed by atoms with van der Waals surface area (Å²) in [5, 5.41) is 10.7. The Morgan fingerprint density at radius 3 is 2.64 bits per heavy atom. The number of aryl methyl sites for hydroxylation is 1. The first kappa shape index (κ1) is 19.3. The standard InChI is InChI=1S/C17H28N8O2S/c1-18-13-10-25(11-13)17-21-14-9-20-24(2)15(14)16(22-17)19-7-8-28(26,27)23-12-5-3-4-6-12/h9,12-13,18,23H,3-8,10-11H2,1-2H3,(H,19,21,22). The molecule has 0 radical (unpaired) electrons. The van der Waals surface area contributed by atoms with Crippen LogP contribution in [0.15, 0.2) is 6.20 Å². The third-order valence-corrected chi connectivity index (χ3v) is 6.95. The Hall–Kier alpha value is -1.98. The number of anilines is 2. The smallest absolute Gasteiger partial charge is 0.228 e. The van der Waals surface area contributed by atoms with Crippen molar-refractivity contribution in [1.29, 1.82) is 0 Å². The molecule has 3 N–H and O–H groups in total. The Morgan fingerprint density at radius 2 is 1.93 bits per heavy atom. The van der Waals surface area contributed by atoms with E-state index in [1.807, 2.05) is 14.1 Å². The molecular weight excluding hydrogens is 380 g/mol. The molecule has 3 heterocycles. The fraction of sp³-hybridized carbons (Fsp3) is 0.706. The molecule has 2 aliphatic rings. The van der Waals surface area contributed by atoms with Gasteiger partial charge in [-0.2, -0.15) is 10.1 Å². The van der Waals surface area contributed by atoms with E-state index < -0.39 is 10.0 Å². The average molecular weight is 409 g/mol. The van der Waals surface area contributed by atoms with Crippen molar-refractivity contribution in [2.45, 2.75) is 37.8 Å². The third kappa shape index (κ3) is 4.06. The fourth-order valence-electron chi connectivity index (χ4n) is 3.82. The van der Waals surface area contributed by atoms with E-state index in [4.69, 9.17) is 0 Å². The normalized spacial score (nSPS) is 18.7. The topological polar surface area (TPSA) is 117 Å². The quantitative estimate of drug-likeness (QED) is 0.561. The van der Waals surface area contributed by atoms with E-state index in [1.165, 1.54) is 0 Å². The lowest BCUT2D eigenvalue weighted by Gasteiger charge is -2.39. The van der Waals surface area contributed by atoms with Gasteiger partial charge in [-0.1, -0.05) is 12.8 Å². The summed E-state index contributed by atoms with van der Waals surface area (Å²) in [6, 6.07) is 0.530. The highest BCUT2D eigenvalue weighted by molar-refractivity contribution is 7.89. The van der Waals surface area contributed by atoms with Crippen molar-refractivity contribution in [3.05, 3.63) is 6.20 Å². The zero-order valence-electron chi connectivity index (χ0n) is 16.3. The largest absolute Gasteiger partial charge is 0.367 e. The third-order valence-electron chi connectivity index (χ3n) is 5.51. The van der Waals surface area contributed by atoms with Crippen LogP contribution in [0.5, 0.6) is 0 Å². The fourth-order valence-corrected chi connectivity index (χ4v) is 5.05. The van der Waals surface area contributed by atoms with Crippen molar-refractivity contribution in [2.75, 3.05) is 42.7 Å². The predicted molar refractivity (Wildman–Crippen MR) is 109 cm³/mol. The summed E-state index contributed by atoms with van der Waals surface area (Å²) in [5.41, 5.74) is 1.52. The monoisotopic (exact) mass is 408 g/mol. The van der Waals surface area contributed by atoms with Crippen molar-refractivity contribution >= 4 is 32.8 Å². The Morgan fingerprint density at radius 1 is 1.18 bits per heavy atom. The van der Waals surface area contributed by atoms with Gasteiger partial charge in [0.1, 0.15) is 11.0 Å². The summed E-state index contributed by atoms with van der Waals surface area (Å²) in [4.78, 5) is 11.3. The molecular formula is C17H28N8O2S. The summed E-state index contributed by atoms with van der Waals surface area (Å²) >= 11 is 0. The molecule has 11 heteroatoms. The summed E-state index contributed by atoms with van der Waals surface area (Å²) in [5.74, 6) is 1.26. The van der Waals surface area contributed by atoms with Crippen LogP contribution in [0.2, 0.25) is 0 Å². The zero-order valence-corrected chi connectivity index (χ0v) is 17.2. The number of rotatable bonds is 8. The van der Waals surface area contributed by atoms with E-state index in [9.17, 15) is 8.42 Å². The summed E-state index contributed by atoms with van der Waals surface area (Å²) in [6.45, 7) is 1.97. The van der Waals surface area contributed by atoms with E-state index in [2.05, 4.69) is 35.3 Å². The molecule has 1 aliphatic heterocycles. The van der Waals surface area contributed by atoms with E-state index >= 15 is 0 Å². The average Bonchev–Trinajstić information content (AvgIpc) is 3.23. The van der Waals surface area contributed by atoms with E-state index in [1.54, 1.807) is 10.9 Å². The Kier molecular flexibility index (Phi) is 5.39. The molecule has 0 spiro atoms. The van der Waals surface area contributed by atoms with Crippen molar-refractivity contribution in [1.82, 2.24) is 29.8 Å². The first-order chi connectivity index (χ1) is 13.4. The molecule has 0 amide bonds. The molecule has 2 aromatic rings. The maximum atomic E-state index is 12.3. The van der Waals surface area contributed by atoms with Crippen LogP contribution in [0.4, 0.5) is 11.8 Å². The lowest BCUT2D eigenvalue weighted by molar-refractivity contribution is 0.444. The van der Waals surface area contributed by atoms with E-state index in [0.29, 0.717) is 17.8 Å². The molecule has 1 saturated heterocycles. The van der Waals surface area contributed by atoms with Gasteiger partial charge in [-0.05, 0) is 19.9 Å². The van der Waals surface area contributed by atoms with Gasteiger partial charge in [0.05, 0.1) is 11.9 Å².